The lowest BCUT2D eigenvalue weighted by molar-refractivity contribution is -0.122. The summed E-state index contributed by atoms with van der Waals surface area (Å²) in [5.41, 5.74) is 0. The van der Waals surface area contributed by atoms with E-state index in [9.17, 15) is 9.90 Å². The number of nitrogens with one attached hydrogen (secondary N) is 1. The molecule has 1 aliphatic heterocycles. The molecule has 14 heavy (non-hydrogen) atoms. The van der Waals surface area contributed by atoms with Gasteiger partial charge in [0.1, 0.15) is 12.5 Å². The van der Waals surface area contributed by atoms with E-state index in [1.165, 1.54) is 17.7 Å². The van der Waals surface area contributed by atoms with Crippen molar-refractivity contribution in [2.45, 2.75) is 38.0 Å². The van der Waals surface area contributed by atoms with Gasteiger partial charge in [0.05, 0.1) is 0 Å². The number of carbonyl (C=O) groups is 1. The van der Waals surface area contributed by atoms with E-state index >= 15 is 0 Å². The monoisotopic (exact) mass is 197 g/mol. The number of aliphatic imine (C=N–C) groups is 1. The largest absolute Gasteiger partial charge is 0.367 e. The molecule has 0 spiro atoms. The average Bonchev–Trinajstić information content (AvgIpc) is 2.79. The highest BCUT2D eigenvalue weighted by atomic mass is 16.3. The van der Waals surface area contributed by atoms with Crippen molar-refractivity contribution < 1.29 is 9.90 Å². The second-order valence-corrected chi connectivity index (χ2v) is 3.80. The Hall–Kier alpha value is -1.10. The maximum Gasteiger partial charge on any atom is 0.213 e. The van der Waals surface area contributed by atoms with Gasteiger partial charge in [0.15, 0.2) is 6.23 Å². The van der Waals surface area contributed by atoms with Gasteiger partial charge in [-0.1, -0.05) is 12.8 Å². The van der Waals surface area contributed by atoms with Gasteiger partial charge in [-0.3, -0.25) is 9.69 Å². The number of rotatable bonds is 2. The zero-order valence-corrected chi connectivity index (χ0v) is 8.02. The molecular weight excluding hydrogens is 182 g/mol. The summed E-state index contributed by atoms with van der Waals surface area (Å²) in [6, 6.07) is 0.426. The normalized spacial score (nSPS) is 27.9. The number of carbonyl (C=O) groups excluding carboxylic acids is 1. The summed E-state index contributed by atoms with van der Waals surface area (Å²) >= 11 is 0. The number of nitrogens with zero attached hydrogens (tertiary/aromatic N) is 2. The number of hydrogen-bond acceptors (Lipinski definition) is 4. The molecule has 2 N–H and O–H groups in total. The van der Waals surface area contributed by atoms with E-state index in [1.54, 1.807) is 0 Å². The smallest absolute Gasteiger partial charge is 0.213 e. The van der Waals surface area contributed by atoms with Crippen molar-refractivity contribution in [2.75, 3.05) is 6.67 Å². The lowest BCUT2D eigenvalue weighted by atomic mass is 10.2. The Morgan fingerprint density at radius 2 is 2.21 bits per heavy atom. The third-order valence-electron chi connectivity index (χ3n) is 2.81. The van der Waals surface area contributed by atoms with Gasteiger partial charge in [-0.05, 0) is 12.8 Å². The number of amides is 1. The van der Waals surface area contributed by atoms with Crippen LogP contribution in [0.25, 0.3) is 0 Å². The molecule has 1 saturated carbocycles. The fourth-order valence-electron chi connectivity index (χ4n) is 1.96. The molecule has 0 aromatic heterocycles. The van der Waals surface area contributed by atoms with Crippen LogP contribution < -0.4 is 5.32 Å². The lowest BCUT2D eigenvalue weighted by Crippen LogP contribution is -2.44. The summed E-state index contributed by atoms with van der Waals surface area (Å²) in [7, 11) is 0. The lowest BCUT2D eigenvalue weighted by Gasteiger charge is -2.18. The summed E-state index contributed by atoms with van der Waals surface area (Å²) < 4.78 is 0. The average molecular weight is 197 g/mol. The molecule has 1 unspecified atom stereocenters. The maximum absolute atomic E-state index is 10.5. The molecule has 2 rings (SSSR count). The van der Waals surface area contributed by atoms with Gasteiger partial charge >= 0.3 is 0 Å². The summed E-state index contributed by atoms with van der Waals surface area (Å²) in [4.78, 5) is 15.8. The Morgan fingerprint density at radius 3 is 2.79 bits per heavy atom. The standard InChI is InChI=1S/C9H15N3O2/c13-6-12-5-10-8(9(12)14)11-7-3-1-2-4-7/h6-7,9,14H,1-5H2,(H,10,11). The molecule has 1 amide bonds. The molecule has 5 nitrogen and oxygen atoms in total. The molecule has 5 heteroatoms. The number of aliphatic hydroxyl groups excluding tert-OH is 1. The Morgan fingerprint density at radius 1 is 1.50 bits per heavy atom. The Balaban J connectivity index is 1.89. The quantitative estimate of drug-likeness (QED) is 0.595. The highest BCUT2D eigenvalue weighted by molar-refractivity contribution is 5.89. The molecular formula is C9H15N3O2. The molecule has 78 valence electrons. The van der Waals surface area contributed by atoms with E-state index in [-0.39, 0.29) is 6.67 Å². The third-order valence-corrected chi connectivity index (χ3v) is 2.81. The topological polar surface area (TPSA) is 64.9 Å². The minimum atomic E-state index is -0.867. The first-order valence-electron chi connectivity index (χ1n) is 5.01. The van der Waals surface area contributed by atoms with Crippen LogP contribution in [0, 0.1) is 0 Å². The van der Waals surface area contributed by atoms with Crippen molar-refractivity contribution in [1.29, 1.82) is 0 Å². The van der Waals surface area contributed by atoms with Crippen molar-refractivity contribution in [2.24, 2.45) is 4.99 Å². The number of aliphatic hydroxyl groups is 1. The Labute approximate surface area is 82.8 Å². The van der Waals surface area contributed by atoms with Crippen molar-refractivity contribution in [1.82, 2.24) is 10.2 Å². The van der Waals surface area contributed by atoms with E-state index in [2.05, 4.69) is 10.3 Å². The summed E-state index contributed by atoms with van der Waals surface area (Å²) in [5, 5.41) is 12.8. The van der Waals surface area contributed by atoms with Crippen LogP contribution in [0.5, 0.6) is 0 Å². The minimum Gasteiger partial charge on any atom is -0.367 e. The van der Waals surface area contributed by atoms with Crippen molar-refractivity contribution in [3.05, 3.63) is 0 Å². The van der Waals surface area contributed by atoms with Gasteiger partial charge in [-0.15, -0.1) is 0 Å². The summed E-state index contributed by atoms with van der Waals surface area (Å²) in [5.74, 6) is 0.545. The van der Waals surface area contributed by atoms with Crippen LogP contribution in [-0.2, 0) is 4.79 Å². The van der Waals surface area contributed by atoms with Crippen LogP contribution in [0.1, 0.15) is 25.7 Å². The summed E-state index contributed by atoms with van der Waals surface area (Å²) in [6.07, 6.45) is 4.49. The fraction of sp³-hybridized carbons (Fsp3) is 0.778. The van der Waals surface area contributed by atoms with Crippen molar-refractivity contribution in [3.63, 3.8) is 0 Å². The Bertz CT molecular complexity index is 248. The molecule has 0 aromatic rings. The molecule has 0 bridgehead atoms. The molecule has 1 heterocycles. The van der Waals surface area contributed by atoms with E-state index in [0.717, 1.165) is 12.8 Å². The predicted molar refractivity (Wildman–Crippen MR) is 51.6 cm³/mol. The van der Waals surface area contributed by atoms with E-state index in [1.807, 2.05) is 0 Å². The molecule has 2 aliphatic rings. The highest BCUT2D eigenvalue weighted by Crippen LogP contribution is 2.18. The highest BCUT2D eigenvalue weighted by Gasteiger charge is 2.28. The number of amidine groups is 1. The van der Waals surface area contributed by atoms with Gasteiger partial charge in [0.2, 0.25) is 6.41 Å². The SMILES string of the molecule is O=CN1CN=C(NC2CCCC2)C1O. The van der Waals surface area contributed by atoms with Crippen LogP contribution in [-0.4, -0.2) is 41.2 Å². The van der Waals surface area contributed by atoms with Gasteiger partial charge in [0, 0.05) is 6.04 Å². The van der Waals surface area contributed by atoms with Crippen LogP contribution >= 0.6 is 0 Å². The predicted octanol–water partition coefficient (Wildman–Crippen LogP) is -0.335. The molecule has 0 radical (unpaired) electrons. The van der Waals surface area contributed by atoms with Crippen LogP contribution in [0.3, 0.4) is 0 Å². The second-order valence-electron chi connectivity index (χ2n) is 3.80. The fourth-order valence-corrected chi connectivity index (χ4v) is 1.96. The van der Waals surface area contributed by atoms with E-state index in [4.69, 9.17) is 0 Å². The number of hydrogen-bond donors (Lipinski definition) is 2. The van der Waals surface area contributed by atoms with Crippen molar-refractivity contribution in [3.8, 4) is 0 Å². The van der Waals surface area contributed by atoms with Crippen LogP contribution in [0.2, 0.25) is 0 Å². The molecule has 1 aliphatic carbocycles. The minimum absolute atomic E-state index is 0.264. The third kappa shape index (κ3) is 1.72. The molecule has 1 fully saturated rings. The first-order chi connectivity index (χ1) is 6.81. The van der Waals surface area contributed by atoms with Gasteiger partial charge < -0.3 is 10.4 Å². The molecule has 1 atom stereocenters. The van der Waals surface area contributed by atoms with Crippen molar-refractivity contribution >= 4 is 12.2 Å². The molecule has 0 aromatic carbocycles. The first-order valence-corrected chi connectivity index (χ1v) is 5.01. The Kier molecular flexibility index (Phi) is 2.67. The second kappa shape index (κ2) is 3.96. The van der Waals surface area contributed by atoms with Crippen LogP contribution in [0.4, 0.5) is 0 Å². The maximum atomic E-state index is 10.5. The summed E-state index contributed by atoms with van der Waals surface area (Å²) in [6.45, 7) is 0.264. The molecule has 0 saturated heterocycles. The zero-order chi connectivity index (χ0) is 9.97. The van der Waals surface area contributed by atoms with E-state index < -0.39 is 6.23 Å². The van der Waals surface area contributed by atoms with Gasteiger partial charge in [0.25, 0.3) is 0 Å². The van der Waals surface area contributed by atoms with Gasteiger partial charge in [-0.25, -0.2) is 4.99 Å². The zero-order valence-electron chi connectivity index (χ0n) is 8.02. The van der Waals surface area contributed by atoms with Gasteiger partial charge in [-0.2, -0.15) is 0 Å². The first kappa shape index (κ1) is 9.45. The van der Waals surface area contributed by atoms with E-state index in [0.29, 0.717) is 18.3 Å². The van der Waals surface area contributed by atoms with Crippen LogP contribution in [0.15, 0.2) is 4.99 Å².